The maximum atomic E-state index is 3.26. The second kappa shape index (κ2) is 6.79. The molecule has 0 aliphatic heterocycles. The van der Waals surface area contributed by atoms with Gasteiger partial charge in [-0.15, -0.1) is 0 Å². The smallest absolute Gasteiger partial charge is 0.312 e. The fourth-order valence-corrected chi connectivity index (χ4v) is 0. The molecule has 0 spiro atoms. The summed E-state index contributed by atoms with van der Waals surface area (Å²) in [6.45, 7) is 0. The Morgan fingerprint density at radius 1 is 0.889 bits per heavy atom. The highest BCUT2D eigenvalue weighted by Gasteiger charge is 2.14. The van der Waals surface area contributed by atoms with Gasteiger partial charge in [-0.25, -0.2) is 0 Å². The third kappa shape index (κ3) is 151. The molecule has 0 atom stereocenters. The Morgan fingerprint density at radius 3 is 0.889 bits per heavy atom. The summed E-state index contributed by atoms with van der Waals surface area (Å²) in [5.74, 6) is 0. The topological polar surface area (TPSA) is 3.24 Å². The Balaban J connectivity index is 0. The van der Waals surface area contributed by atoms with Gasteiger partial charge in [-0.3, -0.25) is 0 Å². The van der Waals surface area contributed by atoms with E-state index in [2.05, 4.69) is 61.2 Å². The highest BCUT2D eigenvalue weighted by atomic mass is 80.0. The summed E-state index contributed by atoms with van der Waals surface area (Å²) in [7, 11) is 6.00. The minimum absolute atomic E-state index is 1.36. The van der Waals surface area contributed by atoms with Crippen molar-refractivity contribution in [3.63, 3.8) is 0 Å². The van der Waals surface area contributed by atoms with Gasteiger partial charge in [-0.05, 0) is 21.1 Å². The van der Waals surface area contributed by atoms with E-state index >= 15 is 0 Å². The van der Waals surface area contributed by atoms with E-state index in [1.165, 1.54) is 0 Å². The molecule has 0 N–H and O–H groups in total. The van der Waals surface area contributed by atoms with E-state index in [1.54, 1.807) is 0 Å². The molecule has 0 fully saturated rings. The molecule has 0 aromatic carbocycles. The van der Waals surface area contributed by atoms with E-state index in [4.69, 9.17) is 0 Å². The summed E-state index contributed by atoms with van der Waals surface area (Å²) in [4.78, 5) is 2.00. The molecule has 9 heavy (non-hydrogen) atoms. The van der Waals surface area contributed by atoms with Crippen molar-refractivity contribution in [2.45, 2.75) is 0 Å². The number of hydrogen-bond donors (Lipinski definition) is 0. The van der Waals surface area contributed by atoms with Gasteiger partial charge in [-0.1, -0.05) is 61.2 Å². The number of hydrogen-bond acceptors (Lipinski definition) is 1. The average molecular weight is 407 g/mol. The van der Waals surface area contributed by atoms with Crippen molar-refractivity contribution in [3.05, 3.63) is 0 Å². The van der Waals surface area contributed by atoms with Crippen LogP contribution in [0, 0.1) is 0 Å². The molecule has 0 heterocycles. The molecule has 0 saturated carbocycles. The molecule has 0 aliphatic carbocycles. The highest BCUT2D eigenvalue weighted by Crippen LogP contribution is 2.33. The number of rotatable bonds is 0. The number of halogens is 4. The first-order valence-corrected chi connectivity index (χ1v) is 13.1. The van der Waals surface area contributed by atoms with Crippen molar-refractivity contribution >= 4 is 63.7 Å². The third-order valence-electron chi connectivity index (χ3n) is 0. The molecular weight excluding hydrogens is 398 g/mol. The second-order valence-corrected chi connectivity index (χ2v) is 36.1. The predicted molar refractivity (Wildman–Crippen MR) is 61.1 cm³/mol. The van der Waals surface area contributed by atoms with Crippen molar-refractivity contribution < 1.29 is 0 Å². The Bertz CT molecular complexity index is 52.6. The van der Waals surface area contributed by atoms with E-state index in [-0.39, 0.29) is 0 Å². The van der Waals surface area contributed by atoms with E-state index < -0.39 is 2.55 Å². The lowest BCUT2D eigenvalue weighted by Gasteiger charge is -1.90. The van der Waals surface area contributed by atoms with Crippen LogP contribution in [0.4, 0.5) is 0 Å². The predicted octanol–water partition coefficient (Wildman–Crippen LogP) is 3.18. The van der Waals surface area contributed by atoms with Crippen LogP contribution in [0.25, 0.3) is 0 Å². The van der Waals surface area contributed by atoms with E-state index in [9.17, 15) is 0 Å². The van der Waals surface area contributed by atoms with Crippen LogP contribution >= 0.6 is 61.2 Å². The first-order chi connectivity index (χ1) is 3.73. The normalized spacial score (nSPS) is 10.7. The first-order valence-electron chi connectivity index (χ1n) is 2.10. The van der Waals surface area contributed by atoms with Crippen molar-refractivity contribution in [3.8, 4) is 0 Å². The highest BCUT2D eigenvalue weighted by molar-refractivity contribution is 9.90. The van der Waals surface area contributed by atoms with Crippen LogP contribution in [0.1, 0.15) is 0 Å². The summed E-state index contributed by atoms with van der Waals surface area (Å²) in [5, 5.41) is 0. The minimum atomic E-state index is -1.36. The van der Waals surface area contributed by atoms with Crippen LogP contribution in [-0.4, -0.2) is 28.6 Å². The van der Waals surface area contributed by atoms with Crippen molar-refractivity contribution in [2.24, 2.45) is 0 Å². The lowest BCUT2D eigenvalue weighted by molar-refractivity contribution is 0.505. The molecule has 0 radical (unpaired) electrons. The average Bonchev–Trinajstić information content (AvgIpc) is 1.19. The van der Waals surface area contributed by atoms with Gasteiger partial charge in [0, 0.05) is 0 Å². The Morgan fingerprint density at radius 2 is 0.889 bits per heavy atom. The van der Waals surface area contributed by atoms with Gasteiger partial charge < -0.3 is 4.90 Å². The SMILES string of the molecule is Br[Si](Br)(Br)Br.CN(C)C. The van der Waals surface area contributed by atoms with Crippen LogP contribution in [0.5, 0.6) is 0 Å². The van der Waals surface area contributed by atoms with Gasteiger partial charge in [0.15, 0.2) is 0 Å². The summed E-state index contributed by atoms with van der Waals surface area (Å²) < 4.78 is -1.36. The molecule has 0 amide bonds. The van der Waals surface area contributed by atoms with Crippen LogP contribution in [0.3, 0.4) is 0 Å². The monoisotopic (exact) mass is 403 g/mol. The van der Waals surface area contributed by atoms with E-state index in [0.29, 0.717) is 0 Å². The molecule has 0 saturated heterocycles. The fraction of sp³-hybridized carbons (Fsp3) is 1.00. The van der Waals surface area contributed by atoms with Crippen LogP contribution in [0.2, 0.25) is 0 Å². The summed E-state index contributed by atoms with van der Waals surface area (Å²) in [6.07, 6.45) is 0. The lowest BCUT2D eigenvalue weighted by Crippen LogP contribution is -1.99. The molecule has 0 rings (SSSR count). The van der Waals surface area contributed by atoms with Gasteiger partial charge in [-0.2, -0.15) is 0 Å². The van der Waals surface area contributed by atoms with E-state index in [0.717, 1.165) is 0 Å². The third-order valence-corrected chi connectivity index (χ3v) is 0. The molecule has 0 aliphatic rings. The van der Waals surface area contributed by atoms with Crippen LogP contribution in [0.15, 0.2) is 0 Å². The molecular formula is C3H9Br4NSi. The maximum absolute atomic E-state index is 3.26. The van der Waals surface area contributed by atoms with Gasteiger partial charge in [0.05, 0.1) is 0 Å². The Labute approximate surface area is 88.9 Å². The quantitative estimate of drug-likeness (QED) is 0.441. The molecule has 0 unspecified atom stereocenters. The van der Waals surface area contributed by atoms with Crippen molar-refractivity contribution in [2.75, 3.05) is 21.1 Å². The standard InChI is InChI=1S/C3H9N.Br4Si/c1-4(2)3;1-5(2,3)4/h1-3H3;. The first kappa shape index (κ1) is 13.7. The lowest BCUT2D eigenvalue weighted by atomic mass is 11.0. The van der Waals surface area contributed by atoms with E-state index in [1.807, 2.05) is 26.0 Å². The Hall–Kier alpha value is 2.10. The van der Waals surface area contributed by atoms with Gasteiger partial charge in [0.1, 0.15) is 0 Å². The molecule has 6 heteroatoms. The number of nitrogens with zero attached hydrogens (tertiary/aromatic N) is 1. The largest absolute Gasteiger partial charge is 0.336 e. The zero-order valence-electron chi connectivity index (χ0n) is 5.46. The fourth-order valence-electron chi connectivity index (χ4n) is 0. The molecule has 0 aromatic rings. The molecule has 0 aromatic heterocycles. The molecule has 1 nitrogen and oxygen atoms in total. The Kier molecular flexibility index (Phi) is 10.3. The molecule has 58 valence electrons. The second-order valence-electron chi connectivity index (χ2n) is 1.77. The summed E-state index contributed by atoms with van der Waals surface area (Å²) >= 11 is 13.1. The summed E-state index contributed by atoms with van der Waals surface area (Å²) in [6, 6.07) is 0. The summed E-state index contributed by atoms with van der Waals surface area (Å²) in [5.41, 5.74) is 0. The maximum Gasteiger partial charge on any atom is 0.336 e. The van der Waals surface area contributed by atoms with Gasteiger partial charge in [0.25, 0.3) is 0 Å². The molecule has 0 bridgehead atoms. The zero-order chi connectivity index (χ0) is 8.08. The van der Waals surface area contributed by atoms with Crippen molar-refractivity contribution in [1.29, 1.82) is 0 Å². The van der Waals surface area contributed by atoms with Gasteiger partial charge >= 0.3 is 2.55 Å². The van der Waals surface area contributed by atoms with Crippen LogP contribution < -0.4 is 0 Å². The van der Waals surface area contributed by atoms with Crippen LogP contribution in [-0.2, 0) is 0 Å². The minimum Gasteiger partial charge on any atom is -0.312 e. The van der Waals surface area contributed by atoms with Crippen molar-refractivity contribution in [1.82, 2.24) is 4.90 Å². The zero-order valence-corrected chi connectivity index (χ0v) is 12.8. The van der Waals surface area contributed by atoms with Gasteiger partial charge in [0.2, 0.25) is 0 Å².